The molecule has 102 valence electrons. The van der Waals surface area contributed by atoms with E-state index in [2.05, 4.69) is 0 Å². The molecule has 0 saturated heterocycles. The lowest BCUT2D eigenvalue weighted by Crippen LogP contribution is -2.33. The molecule has 18 heavy (non-hydrogen) atoms. The summed E-state index contributed by atoms with van der Waals surface area (Å²) in [6.07, 6.45) is -4.64. The van der Waals surface area contributed by atoms with Gasteiger partial charge in [-0.05, 0) is 17.7 Å². The van der Waals surface area contributed by atoms with Gasteiger partial charge in [0.1, 0.15) is 6.54 Å². The third-order valence-electron chi connectivity index (χ3n) is 1.97. The van der Waals surface area contributed by atoms with Crippen molar-refractivity contribution in [3.05, 3.63) is 28.8 Å². The van der Waals surface area contributed by atoms with Crippen LogP contribution in [0.5, 0.6) is 0 Å². The van der Waals surface area contributed by atoms with Crippen molar-refractivity contribution < 1.29 is 26.7 Å². The molecular weight excluding hydrogens is 295 g/mol. The van der Waals surface area contributed by atoms with Crippen molar-refractivity contribution in [2.24, 2.45) is 0 Å². The lowest BCUT2D eigenvalue weighted by Gasteiger charge is -2.10. The van der Waals surface area contributed by atoms with Gasteiger partial charge in [-0.25, -0.2) is 13.1 Å². The fourth-order valence-corrected chi connectivity index (χ4v) is 2.43. The van der Waals surface area contributed by atoms with Crippen molar-refractivity contribution in [3.8, 4) is 0 Å². The molecule has 1 aromatic rings. The fourth-order valence-electron chi connectivity index (χ4n) is 1.08. The normalized spacial score (nSPS) is 12.7. The lowest BCUT2D eigenvalue weighted by molar-refractivity contribution is -0.121. The minimum atomic E-state index is -4.64. The van der Waals surface area contributed by atoms with E-state index < -0.39 is 34.2 Å². The highest BCUT2D eigenvalue weighted by atomic mass is 35.5. The van der Waals surface area contributed by atoms with E-state index in [1.807, 2.05) is 0 Å². The number of benzene rings is 1. The van der Waals surface area contributed by atoms with Crippen molar-refractivity contribution in [3.63, 3.8) is 0 Å². The average molecular weight is 304 g/mol. The SMILES string of the molecule is O=S(=O)(NCC(F)(F)F)c1ccc(CO)c(Cl)c1. The molecule has 4 nitrogen and oxygen atoms in total. The third kappa shape index (κ3) is 4.13. The third-order valence-corrected chi connectivity index (χ3v) is 3.72. The maximum atomic E-state index is 11.9. The number of hydrogen-bond donors (Lipinski definition) is 2. The molecule has 0 fully saturated rings. The largest absolute Gasteiger partial charge is 0.402 e. The number of nitrogens with one attached hydrogen (secondary N) is 1. The van der Waals surface area contributed by atoms with Gasteiger partial charge in [0.2, 0.25) is 10.0 Å². The zero-order valence-corrected chi connectivity index (χ0v) is 10.4. The summed E-state index contributed by atoms with van der Waals surface area (Å²) in [5.74, 6) is 0. The topological polar surface area (TPSA) is 66.4 Å². The zero-order valence-electron chi connectivity index (χ0n) is 8.83. The molecule has 0 unspecified atom stereocenters. The fraction of sp³-hybridized carbons (Fsp3) is 0.333. The number of aliphatic hydroxyl groups is 1. The molecule has 0 aliphatic rings. The summed E-state index contributed by atoms with van der Waals surface area (Å²) in [5.41, 5.74) is 0.284. The second kappa shape index (κ2) is 5.43. The van der Waals surface area contributed by atoms with E-state index in [0.29, 0.717) is 0 Å². The highest BCUT2D eigenvalue weighted by molar-refractivity contribution is 7.89. The van der Waals surface area contributed by atoms with Gasteiger partial charge >= 0.3 is 6.18 Å². The van der Waals surface area contributed by atoms with Crippen LogP contribution < -0.4 is 4.72 Å². The van der Waals surface area contributed by atoms with Crippen LogP contribution in [0.3, 0.4) is 0 Å². The molecule has 9 heteroatoms. The molecular formula is C9H9ClF3NO3S. The first-order valence-corrected chi connectivity index (χ1v) is 6.47. The van der Waals surface area contributed by atoms with Gasteiger partial charge in [-0.1, -0.05) is 17.7 Å². The van der Waals surface area contributed by atoms with E-state index in [-0.39, 0.29) is 10.6 Å². The lowest BCUT2D eigenvalue weighted by atomic mass is 10.2. The van der Waals surface area contributed by atoms with Crippen LogP contribution in [0, 0.1) is 0 Å². The van der Waals surface area contributed by atoms with Gasteiger partial charge in [-0.2, -0.15) is 13.2 Å². The quantitative estimate of drug-likeness (QED) is 0.889. The summed E-state index contributed by atoms with van der Waals surface area (Å²) in [5, 5.41) is 8.79. The Balaban J connectivity index is 2.96. The van der Waals surface area contributed by atoms with Crippen LogP contribution in [0.15, 0.2) is 23.1 Å². The van der Waals surface area contributed by atoms with Gasteiger partial charge in [0, 0.05) is 5.02 Å². The predicted molar refractivity (Wildman–Crippen MR) is 58.6 cm³/mol. The summed E-state index contributed by atoms with van der Waals surface area (Å²) in [6.45, 7) is -2.05. The van der Waals surface area contributed by atoms with Gasteiger partial charge in [0.15, 0.2) is 0 Å². The standard InChI is InChI=1S/C9H9ClF3NO3S/c10-8-3-7(2-1-6(8)4-15)18(16,17)14-5-9(11,12)13/h1-3,14-15H,4-5H2. The van der Waals surface area contributed by atoms with Crippen LogP contribution >= 0.6 is 11.6 Å². The van der Waals surface area contributed by atoms with E-state index in [9.17, 15) is 21.6 Å². The second-order valence-corrected chi connectivity index (χ2v) is 5.53. The van der Waals surface area contributed by atoms with Crippen LogP contribution in [-0.4, -0.2) is 26.2 Å². The van der Waals surface area contributed by atoms with Crippen molar-refractivity contribution in [1.29, 1.82) is 0 Å². The van der Waals surface area contributed by atoms with Crippen molar-refractivity contribution in [2.75, 3.05) is 6.54 Å². The number of hydrogen-bond acceptors (Lipinski definition) is 3. The highest BCUT2D eigenvalue weighted by Gasteiger charge is 2.30. The molecule has 0 amide bonds. The molecule has 0 atom stereocenters. The van der Waals surface area contributed by atoms with E-state index in [1.165, 1.54) is 10.8 Å². The first-order chi connectivity index (χ1) is 8.15. The average Bonchev–Trinajstić information content (AvgIpc) is 2.25. The Bertz CT molecular complexity index is 530. The van der Waals surface area contributed by atoms with E-state index in [4.69, 9.17) is 16.7 Å². The Hall–Kier alpha value is -0.830. The molecule has 2 N–H and O–H groups in total. The smallest absolute Gasteiger partial charge is 0.392 e. The van der Waals surface area contributed by atoms with Gasteiger partial charge in [-0.3, -0.25) is 0 Å². The van der Waals surface area contributed by atoms with Crippen molar-refractivity contribution in [2.45, 2.75) is 17.7 Å². The summed E-state index contributed by atoms with van der Waals surface area (Å²) < 4.78 is 60.1. The molecule has 0 heterocycles. The Morgan fingerprint density at radius 2 is 1.94 bits per heavy atom. The summed E-state index contributed by atoms with van der Waals surface area (Å²) in [7, 11) is -4.28. The second-order valence-electron chi connectivity index (χ2n) is 3.35. The molecule has 1 aromatic carbocycles. The van der Waals surface area contributed by atoms with Crippen molar-refractivity contribution in [1.82, 2.24) is 4.72 Å². The minimum absolute atomic E-state index is 0.0348. The molecule has 0 saturated carbocycles. The predicted octanol–water partition coefficient (Wildman–Crippen LogP) is 1.67. The van der Waals surface area contributed by atoms with Crippen LogP contribution in [0.4, 0.5) is 13.2 Å². The summed E-state index contributed by atoms with van der Waals surface area (Å²) in [6, 6.07) is 3.27. The summed E-state index contributed by atoms with van der Waals surface area (Å²) >= 11 is 5.65. The molecule has 0 spiro atoms. The van der Waals surface area contributed by atoms with Crippen LogP contribution in [0.1, 0.15) is 5.56 Å². The summed E-state index contributed by atoms with van der Waals surface area (Å²) in [4.78, 5) is -0.394. The van der Waals surface area contributed by atoms with Crippen molar-refractivity contribution >= 4 is 21.6 Å². The molecule has 0 aromatic heterocycles. The Morgan fingerprint density at radius 3 is 2.39 bits per heavy atom. The maximum absolute atomic E-state index is 11.9. The maximum Gasteiger partial charge on any atom is 0.402 e. The molecule has 0 aliphatic heterocycles. The van der Waals surface area contributed by atoms with Gasteiger partial charge in [-0.15, -0.1) is 0 Å². The number of rotatable bonds is 4. The molecule has 0 aliphatic carbocycles. The number of sulfonamides is 1. The van der Waals surface area contributed by atoms with E-state index >= 15 is 0 Å². The molecule has 0 radical (unpaired) electrons. The van der Waals surface area contributed by atoms with Gasteiger partial charge in [0.25, 0.3) is 0 Å². The monoisotopic (exact) mass is 303 g/mol. The minimum Gasteiger partial charge on any atom is -0.392 e. The molecule has 1 rings (SSSR count). The van der Waals surface area contributed by atoms with E-state index in [1.54, 1.807) is 0 Å². The van der Waals surface area contributed by atoms with Crippen LogP contribution in [0.25, 0.3) is 0 Å². The Kier molecular flexibility index (Phi) is 4.60. The Labute approximate surface area is 106 Å². The number of aliphatic hydroxyl groups excluding tert-OH is 1. The highest BCUT2D eigenvalue weighted by Crippen LogP contribution is 2.21. The number of alkyl halides is 3. The van der Waals surface area contributed by atoms with Gasteiger partial charge in [0.05, 0.1) is 11.5 Å². The Morgan fingerprint density at radius 1 is 1.33 bits per heavy atom. The molecule has 0 bridgehead atoms. The van der Waals surface area contributed by atoms with Crippen LogP contribution in [-0.2, 0) is 16.6 Å². The van der Waals surface area contributed by atoms with Crippen LogP contribution in [0.2, 0.25) is 5.02 Å². The van der Waals surface area contributed by atoms with Gasteiger partial charge < -0.3 is 5.11 Å². The van der Waals surface area contributed by atoms with E-state index in [0.717, 1.165) is 12.1 Å². The number of halogens is 4. The first-order valence-electron chi connectivity index (χ1n) is 4.61. The first kappa shape index (κ1) is 15.2. The zero-order chi connectivity index (χ0) is 14.0.